The molecule has 0 saturated carbocycles. The van der Waals surface area contributed by atoms with Crippen molar-refractivity contribution in [3.8, 4) is 11.4 Å². The molecule has 0 aliphatic heterocycles. The van der Waals surface area contributed by atoms with E-state index in [1.807, 2.05) is 17.6 Å². The van der Waals surface area contributed by atoms with Crippen LogP contribution in [0.4, 0.5) is 14.5 Å². The molecule has 2 aromatic heterocycles. The number of nitrogen functional groups attached to an aromatic ring is 1. The number of hydrogen-bond acceptors (Lipinski definition) is 3. The summed E-state index contributed by atoms with van der Waals surface area (Å²) in [5.74, 6) is -1.43. The van der Waals surface area contributed by atoms with E-state index in [0.29, 0.717) is 29.1 Å². The van der Waals surface area contributed by atoms with Gasteiger partial charge in [-0.1, -0.05) is 0 Å². The largest absolute Gasteiger partial charge is 0.398 e. The second-order valence-electron chi connectivity index (χ2n) is 4.38. The smallest absolute Gasteiger partial charge is 0.160 e. The molecule has 2 N–H and O–H groups in total. The molecule has 0 radical (unpaired) electrons. The summed E-state index contributed by atoms with van der Waals surface area (Å²) >= 11 is 0. The van der Waals surface area contributed by atoms with Gasteiger partial charge in [-0.15, -0.1) is 0 Å². The quantitative estimate of drug-likeness (QED) is 0.731. The maximum atomic E-state index is 13.5. The SMILES string of the molecule is CCn1c(-c2cc(F)c(F)cc2N)nc2cccnc21. The zero-order valence-corrected chi connectivity index (χ0v) is 10.8. The lowest BCUT2D eigenvalue weighted by Gasteiger charge is -2.08. The van der Waals surface area contributed by atoms with E-state index in [2.05, 4.69) is 9.97 Å². The number of benzene rings is 1. The van der Waals surface area contributed by atoms with Gasteiger partial charge in [0.1, 0.15) is 11.3 Å². The monoisotopic (exact) mass is 274 g/mol. The molecule has 0 saturated heterocycles. The third-order valence-corrected chi connectivity index (χ3v) is 3.15. The van der Waals surface area contributed by atoms with Crippen molar-refractivity contribution >= 4 is 16.9 Å². The molecule has 6 heteroatoms. The van der Waals surface area contributed by atoms with Gasteiger partial charge < -0.3 is 10.3 Å². The maximum Gasteiger partial charge on any atom is 0.160 e. The second kappa shape index (κ2) is 4.56. The van der Waals surface area contributed by atoms with Gasteiger partial charge in [-0.05, 0) is 25.1 Å². The summed E-state index contributed by atoms with van der Waals surface area (Å²) in [5, 5.41) is 0. The topological polar surface area (TPSA) is 56.7 Å². The van der Waals surface area contributed by atoms with Gasteiger partial charge in [-0.2, -0.15) is 0 Å². The lowest BCUT2D eigenvalue weighted by molar-refractivity contribution is 0.509. The van der Waals surface area contributed by atoms with Crippen molar-refractivity contribution in [1.82, 2.24) is 14.5 Å². The summed E-state index contributed by atoms with van der Waals surface area (Å²) in [5.41, 5.74) is 7.68. The number of nitrogens with two attached hydrogens (primary N) is 1. The van der Waals surface area contributed by atoms with Gasteiger partial charge in [0.25, 0.3) is 0 Å². The normalized spacial score (nSPS) is 11.2. The number of hydrogen-bond donors (Lipinski definition) is 1. The highest BCUT2D eigenvalue weighted by Gasteiger charge is 2.17. The van der Waals surface area contributed by atoms with Crippen LogP contribution in [0, 0.1) is 11.6 Å². The average molecular weight is 274 g/mol. The van der Waals surface area contributed by atoms with Crippen molar-refractivity contribution in [3.63, 3.8) is 0 Å². The van der Waals surface area contributed by atoms with E-state index in [-0.39, 0.29) is 5.69 Å². The minimum Gasteiger partial charge on any atom is -0.398 e. The molecule has 20 heavy (non-hydrogen) atoms. The number of rotatable bonds is 2. The van der Waals surface area contributed by atoms with E-state index in [0.717, 1.165) is 12.1 Å². The van der Waals surface area contributed by atoms with Crippen LogP contribution in [-0.4, -0.2) is 14.5 Å². The van der Waals surface area contributed by atoms with E-state index >= 15 is 0 Å². The van der Waals surface area contributed by atoms with Gasteiger partial charge in [-0.3, -0.25) is 0 Å². The van der Waals surface area contributed by atoms with Crippen molar-refractivity contribution in [2.45, 2.75) is 13.5 Å². The molecule has 0 aliphatic carbocycles. The summed E-state index contributed by atoms with van der Waals surface area (Å²) in [7, 11) is 0. The molecule has 0 unspecified atom stereocenters. The van der Waals surface area contributed by atoms with Crippen molar-refractivity contribution < 1.29 is 8.78 Å². The van der Waals surface area contributed by atoms with Crippen molar-refractivity contribution in [1.29, 1.82) is 0 Å². The van der Waals surface area contributed by atoms with Crippen LogP contribution in [0.5, 0.6) is 0 Å². The van der Waals surface area contributed by atoms with Crippen LogP contribution in [0.15, 0.2) is 30.5 Å². The lowest BCUT2D eigenvalue weighted by Crippen LogP contribution is -2.02. The Labute approximate surface area is 113 Å². The van der Waals surface area contributed by atoms with Crippen LogP contribution < -0.4 is 5.73 Å². The predicted octanol–water partition coefficient (Wildman–Crippen LogP) is 2.98. The summed E-state index contributed by atoms with van der Waals surface area (Å²) in [6, 6.07) is 5.62. The first kappa shape index (κ1) is 12.5. The lowest BCUT2D eigenvalue weighted by atomic mass is 10.1. The summed E-state index contributed by atoms with van der Waals surface area (Å²) in [6.07, 6.45) is 1.66. The Morgan fingerprint density at radius 2 is 2.00 bits per heavy atom. The highest BCUT2D eigenvalue weighted by molar-refractivity contribution is 5.81. The molecule has 0 bridgehead atoms. The molecule has 102 valence electrons. The Bertz CT molecular complexity index is 795. The first-order valence-corrected chi connectivity index (χ1v) is 6.18. The van der Waals surface area contributed by atoms with E-state index in [1.165, 1.54) is 0 Å². The number of imidazole rings is 1. The highest BCUT2D eigenvalue weighted by atomic mass is 19.2. The summed E-state index contributed by atoms with van der Waals surface area (Å²) in [4.78, 5) is 8.68. The maximum absolute atomic E-state index is 13.5. The van der Waals surface area contributed by atoms with Crippen molar-refractivity contribution in [2.75, 3.05) is 5.73 Å². The Balaban J connectivity index is 2.32. The number of anilines is 1. The molecule has 2 heterocycles. The zero-order valence-electron chi connectivity index (χ0n) is 10.8. The van der Waals surface area contributed by atoms with Gasteiger partial charge in [0.15, 0.2) is 17.3 Å². The van der Waals surface area contributed by atoms with Gasteiger partial charge in [0.2, 0.25) is 0 Å². The van der Waals surface area contributed by atoms with Crippen molar-refractivity contribution in [2.24, 2.45) is 0 Å². The molecule has 3 aromatic rings. The predicted molar refractivity (Wildman–Crippen MR) is 73.0 cm³/mol. The Morgan fingerprint density at radius 1 is 1.25 bits per heavy atom. The van der Waals surface area contributed by atoms with E-state index < -0.39 is 11.6 Å². The molecule has 0 aliphatic rings. The molecule has 3 rings (SSSR count). The molecular formula is C14H12F2N4. The van der Waals surface area contributed by atoms with Crippen LogP contribution in [0.25, 0.3) is 22.6 Å². The Hall–Kier alpha value is -2.50. The summed E-state index contributed by atoms with van der Waals surface area (Å²) < 4.78 is 28.4. The zero-order chi connectivity index (χ0) is 14.3. The van der Waals surface area contributed by atoms with E-state index in [4.69, 9.17) is 5.73 Å². The molecule has 0 atom stereocenters. The fraction of sp³-hybridized carbons (Fsp3) is 0.143. The first-order chi connectivity index (χ1) is 9.61. The number of halogens is 2. The van der Waals surface area contributed by atoms with Gasteiger partial charge in [0, 0.05) is 30.1 Å². The standard InChI is InChI=1S/C14H12F2N4/c1-2-20-13(19-12-4-3-5-18-14(12)20)8-6-9(15)10(16)7-11(8)17/h3-7H,2,17H2,1H3. The number of nitrogens with zero attached hydrogens (tertiary/aromatic N) is 3. The van der Waals surface area contributed by atoms with Gasteiger partial charge in [-0.25, -0.2) is 18.7 Å². The first-order valence-electron chi connectivity index (χ1n) is 6.18. The van der Waals surface area contributed by atoms with Gasteiger partial charge >= 0.3 is 0 Å². The number of aryl methyl sites for hydroxylation is 1. The highest BCUT2D eigenvalue weighted by Crippen LogP contribution is 2.29. The van der Waals surface area contributed by atoms with Crippen LogP contribution in [0.3, 0.4) is 0 Å². The Morgan fingerprint density at radius 3 is 2.75 bits per heavy atom. The fourth-order valence-corrected chi connectivity index (χ4v) is 2.22. The van der Waals surface area contributed by atoms with Crippen molar-refractivity contribution in [3.05, 3.63) is 42.1 Å². The minimum absolute atomic E-state index is 0.147. The van der Waals surface area contributed by atoms with E-state index in [9.17, 15) is 8.78 Å². The minimum atomic E-state index is -0.969. The third-order valence-electron chi connectivity index (χ3n) is 3.15. The van der Waals surface area contributed by atoms with Crippen LogP contribution in [0.1, 0.15) is 6.92 Å². The number of fused-ring (bicyclic) bond motifs is 1. The van der Waals surface area contributed by atoms with Crippen LogP contribution in [-0.2, 0) is 6.54 Å². The fourth-order valence-electron chi connectivity index (χ4n) is 2.22. The second-order valence-corrected chi connectivity index (χ2v) is 4.38. The molecule has 4 nitrogen and oxygen atoms in total. The average Bonchev–Trinajstić information content (AvgIpc) is 2.81. The van der Waals surface area contributed by atoms with Crippen LogP contribution in [0.2, 0.25) is 0 Å². The van der Waals surface area contributed by atoms with Gasteiger partial charge in [0.05, 0.1) is 0 Å². The third kappa shape index (κ3) is 1.80. The number of aromatic nitrogens is 3. The molecular weight excluding hydrogens is 262 g/mol. The number of pyridine rings is 1. The molecule has 0 fully saturated rings. The molecule has 1 aromatic carbocycles. The van der Waals surface area contributed by atoms with Crippen LogP contribution >= 0.6 is 0 Å². The van der Waals surface area contributed by atoms with E-state index in [1.54, 1.807) is 12.3 Å². The Kier molecular flexibility index (Phi) is 2.85. The molecule has 0 spiro atoms. The molecule has 0 amide bonds. The summed E-state index contributed by atoms with van der Waals surface area (Å²) in [6.45, 7) is 2.52.